The molecule has 7 nitrogen and oxygen atoms in total. The quantitative estimate of drug-likeness (QED) is 0.344. The Kier molecular flexibility index (Phi) is 5.39. The molecule has 0 N–H and O–H groups in total. The third-order valence-electron chi connectivity index (χ3n) is 4.86. The molecule has 0 fully saturated rings. The first kappa shape index (κ1) is 20.5. The van der Waals surface area contributed by atoms with E-state index in [4.69, 9.17) is 4.74 Å². The fourth-order valence-electron chi connectivity index (χ4n) is 3.26. The molecule has 0 radical (unpaired) electrons. The molecule has 1 unspecified atom stereocenters. The van der Waals surface area contributed by atoms with Crippen molar-refractivity contribution in [1.82, 2.24) is 0 Å². The first-order valence-corrected chi connectivity index (χ1v) is 10.4. The summed E-state index contributed by atoms with van der Waals surface area (Å²) in [4.78, 5) is 23.1. The van der Waals surface area contributed by atoms with Crippen molar-refractivity contribution in [2.45, 2.75) is 23.5 Å². The summed E-state index contributed by atoms with van der Waals surface area (Å²) in [5.74, 6) is -0.908. The molecule has 0 amide bonds. The number of fused-ring (bicyclic) bond motifs is 1. The van der Waals surface area contributed by atoms with Gasteiger partial charge in [-0.3, -0.25) is 10.1 Å². The lowest BCUT2D eigenvalue weighted by atomic mass is 9.94. The van der Waals surface area contributed by atoms with Crippen molar-refractivity contribution in [3.63, 3.8) is 0 Å². The van der Waals surface area contributed by atoms with Gasteiger partial charge in [0.2, 0.25) is 0 Å². The smallest absolute Gasteiger partial charge is 0.332 e. The number of benzene rings is 3. The highest BCUT2D eigenvalue weighted by atomic mass is 32.2. The van der Waals surface area contributed by atoms with Crippen LogP contribution >= 0.6 is 0 Å². The van der Waals surface area contributed by atoms with E-state index < -0.39 is 25.5 Å². The first-order valence-electron chi connectivity index (χ1n) is 8.88. The highest BCUT2D eigenvalue weighted by Gasteiger charge is 2.51. The van der Waals surface area contributed by atoms with Gasteiger partial charge in [-0.05, 0) is 42.3 Å². The molecular weight excluding hydrogens is 394 g/mol. The Morgan fingerprint density at radius 1 is 1.03 bits per heavy atom. The van der Waals surface area contributed by atoms with Crippen LogP contribution in [0.25, 0.3) is 10.8 Å². The largest absolute Gasteiger partial charge is 0.465 e. The summed E-state index contributed by atoms with van der Waals surface area (Å²) in [6, 6.07) is 16.7. The molecule has 3 rings (SSSR count). The summed E-state index contributed by atoms with van der Waals surface area (Å²) in [6.45, 7) is 2.92. The molecule has 3 aromatic rings. The number of sulfone groups is 1. The minimum atomic E-state index is -4.31. The van der Waals surface area contributed by atoms with Gasteiger partial charge in [0.05, 0.1) is 16.4 Å². The number of hydrogen-bond donors (Lipinski definition) is 0. The van der Waals surface area contributed by atoms with Gasteiger partial charge in [0.15, 0.2) is 14.6 Å². The second-order valence-corrected chi connectivity index (χ2v) is 8.83. The minimum absolute atomic E-state index is 0.00890. The Bertz CT molecular complexity index is 1180. The van der Waals surface area contributed by atoms with E-state index in [0.29, 0.717) is 5.39 Å². The van der Waals surface area contributed by atoms with Gasteiger partial charge in [0, 0.05) is 12.1 Å². The lowest BCUT2D eigenvalue weighted by Gasteiger charge is -2.29. The highest BCUT2D eigenvalue weighted by Crippen LogP contribution is 2.40. The second-order valence-electron chi connectivity index (χ2n) is 6.53. The van der Waals surface area contributed by atoms with Crippen molar-refractivity contribution in [2.24, 2.45) is 0 Å². The Morgan fingerprint density at radius 3 is 2.28 bits per heavy atom. The average molecular weight is 413 g/mol. The van der Waals surface area contributed by atoms with Gasteiger partial charge >= 0.3 is 5.97 Å². The molecule has 0 aliphatic carbocycles. The zero-order valence-electron chi connectivity index (χ0n) is 15.9. The zero-order chi connectivity index (χ0) is 21.2. The SMILES string of the molecule is CCOC(=O)C(C)(c1cccc2ccccc12)S(=O)(=O)c1ccc([N+](=O)[O-])cc1. The summed E-state index contributed by atoms with van der Waals surface area (Å²) < 4.78 is 30.4. The molecular formula is C21H19NO6S. The average Bonchev–Trinajstić information content (AvgIpc) is 2.72. The summed E-state index contributed by atoms with van der Waals surface area (Å²) in [5.41, 5.74) is 0.0411. The fraction of sp³-hybridized carbons (Fsp3) is 0.190. The number of carbonyl (C=O) groups excluding carboxylic acids is 1. The summed E-state index contributed by atoms with van der Waals surface area (Å²) in [6.07, 6.45) is 0. The monoisotopic (exact) mass is 413 g/mol. The van der Waals surface area contributed by atoms with Gasteiger partial charge < -0.3 is 4.74 Å². The maximum absolute atomic E-state index is 13.6. The van der Waals surface area contributed by atoms with Crippen LogP contribution in [0.4, 0.5) is 5.69 Å². The zero-order valence-corrected chi connectivity index (χ0v) is 16.7. The molecule has 0 aromatic heterocycles. The van der Waals surface area contributed by atoms with Crippen molar-refractivity contribution in [3.8, 4) is 0 Å². The van der Waals surface area contributed by atoms with Crippen LogP contribution in [0, 0.1) is 10.1 Å². The third kappa shape index (κ3) is 3.36. The Balaban J connectivity index is 2.29. The number of esters is 1. The van der Waals surface area contributed by atoms with Crippen molar-refractivity contribution >= 4 is 32.3 Å². The van der Waals surface area contributed by atoms with Crippen LogP contribution in [0.3, 0.4) is 0 Å². The van der Waals surface area contributed by atoms with Crippen LogP contribution in [0.15, 0.2) is 71.6 Å². The molecule has 0 heterocycles. The van der Waals surface area contributed by atoms with E-state index in [1.54, 1.807) is 31.2 Å². The number of ether oxygens (including phenoxy) is 1. The van der Waals surface area contributed by atoms with Gasteiger partial charge in [0.25, 0.3) is 5.69 Å². The van der Waals surface area contributed by atoms with E-state index in [2.05, 4.69) is 0 Å². The first-order chi connectivity index (χ1) is 13.7. The van der Waals surface area contributed by atoms with E-state index in [0.717, 1.165) is 29.7 Å². The van der Waals surface area contributed by atoms with Gasteiger partial charge in [-0.15, -0.1) is 0 Å². The second kappa shape index (κ2) is 7.63. The van der Waals surface area contributed by atoms with Crippen LogP contribution < -0.4 is 0 Å². The maximum Gasteiger partial charge on any atom is 0.332 e. The van der Waals surface area contributed by atoms with Crippen LogP contribution in [-0.2, 0) is 24.1 Å². The molecule has 3 aromatic carbocycles. The molecule has 0 bridgehead atoms. The van der Waals surface area contributed by atoms with Gasteiger partial charge in [-0.1, -0.05) is 42.5 Å². The maximum atomic E-state index is 13.6. The van der Waals surface area contributed by atoms with Gasteiger partial charge in [0.1, 0.15) is 0 Å². The third-order valence-corrected chi connectivity index (χ3v) is 7.22. The fourth-order valence-corrected chi connectivity index (χ4v) is 4.97. The molecule has 0 spiro atoms. The van der Waals surface area contributed by atoms with E-state index in [1.165, 1.54) is 6.92 Å². The number of non-ortho nitro benzene ring substituents is 1. The Labute approximate surface area is 168 Å². The molecule has 0 aliphatic heterocycles. The van der Waals surface area contributed by atoms with Crippen molar-refractivity contribution < 1.29 is 22.9 Å². The predicted molar refractivity (Wildman–Crippen MR) is 108 cm³/mol. The van der Waals surface area contributed by atoms with E-state index in [9.17, 15) is 23.3 Å². The normalized spacial score (nSPS) is 13.6. The Morgan fingerprint density at radius 2 is 1.66 bits per heavy atom. The van der Waals surface area contributed by atoms with Crippen molar-refractivity contribution in [1.29, 1.82) is 0 Å². The molecule has 0 aliphatic rings. The van der Waals surface area contributed by atoms with Crippen molar-refractivity contribution in [2.75, 3.05) is 6.61 Å². The number of carbonyl (C=O) groups is 1. The van der Waals surface area contributed by atoms with Crippen LogP contribution in [0.5, 0.6) is 0 Å². The number of rotatable bonds is 6. The lowest BCUT2D eigenvalue weighted by molar-refractivity contribution is -0.384. The highest BCUT2D eigenvalue weighted by molar-refractivity contribution is 7.93. The topological polar surface area (TPSA) is 104 Å². The summed E-state index contributed by atoms with van der Waals surface area (Å²) >= 11 is 0. The lowest BCUT2D eigenvalue weighted by Crippen LogP contribution is -2.42. The molecule has 1 atom stereocenters. The molecule has 29 heavy (non-hydrogen) atoms. The summed E-state index contributed by atoms with van der Waals surface area (Å²) in [5, 5.41) is 12.3. The van der Waals surface area contributed by atoms with Crippen LogP contribution in [-0.4, -0.2) is 25.9 Å². The number of nitrogens with zero attached hydrogens (tertiary/aromatic N) is 1. The van der Waals surface area contributed by atoms with E-state index in [-0.39, 0.29) is 22.8 Å². The predicted octanol–water partition coefficient (Wildman–Crippen LogP) is 4.00. The van der Waals surface area contributed by atoms with Gasteiger partial charge in [-0.25, -0.2) is 13.2 Å². The molecule has 0 saturated heterocycles. The van der Waals surface area contributed by atoms with E-state index in [1.807, 2.05) is 18.2 Å². The number of hydrogen-bond acceptors (Lipinski definition) is 6. The molecule has 150 valence electrons. The minimum Gasteiger partial charge on any atom is -0.465 e. The summed E-state index contributed by atoms with van der Waals surface area (Å²) in [7, 11) is -4.31. The Hall–Kier alpha value is -3.26. The van der Waals surface area contributed by atoms with Gasteiger partial charge in [-0.2, -0.15) is 0 Å². The number of nitro groups is 1. The van der Waals surface area contributed by atoms with Crippen molar-refractivity contribution in [3.05, 3.63) is 82.4 Å². The van der Waals surface area contributed by atoms with Crippen LogP contribution in [0.1, 0.15) is 19.4 Å². The number of nitro benzene ring substituents is 1. The molecule has 8 heteroatoms. The van der Waals surface area contributed by atoms with Crippen LogP contribution in [0.2, 0.25) is 0 Å². The standard InChI is InChI=1S/C21H19NO6S/c1-3-28-20(23)21(2,19-10-6-8-15-7-4-5-9-18(15)19)29(26,27)17-13-11-16(12-14-17)22(24)25/h4-14H,3H2,1-2H3. The molecule has 0 saturated carbocycles. The van der Waals surface area contributed by atoms with E-state index >= 15 is 0 Å².